The van der Waals surface area contributed by atoms with Crippen LogP contribution in [0.1, 0.15) is 29.8 Å². The van der Waals surface area contributed by atoms with Crippen molar-refractivity contribution in [3.63, 3.8) is 0 Å². The van der Waals surface area contributed by atoms with Gasteiger partial charge in [-0.2, -0.15) is 0 Å². The minimum absolute atomic E-state index is 0.0475. The largest absolute Gasteiger partial charge is 0.504 e. The molecule has 0 aliphatic carbocycles. The predicted molar refractivity (Wildman–Crippen MR) is 95.8 cm³/mol. The summed E-state index contributed by atoms with van der Waals surface area (Å²) in [5.41, 5.74) is 0.900. The number of rotatable bonds is 4. The van der Waals surface area contributed by atoms with Gasteiger partial charge in [-0.3, -0.25) is 4.79 Å². The van der Waals surface area contributed by atoms with E-state index >= 15 is 0 Å². The van der Waals surface area contributed by atoms with Crippen LogP contribution in [0.5, 0.6) is 28.7 Å². The molecule has 0 saturated heterocycles. The molecule has 0 radical (unpaired) electrons. The molecule has 7 nitrogen and oxygen atoms in total. The summed E-state index contributed by atoms with van der Waals surface area (Å²) in [4.78, 5) is 12.5. The fourth-order valence-electron chi connectivity index (χ4n) is 2.56. The fraction of sp³-hybridized carbons (Fsp3) is 0.211. The highest BCUT2D eigenvalue weighted by Crippen LogP contribution is 2.46. The van der Waals surface area contributed by atoms with Crippen molar-refractivity contribution < 1.29 is 30.0 Å². The highest BCUT2D eigenvalue weighted by molar-refractivity contribution is 6.22. The number of fused-ring (bicyclic) bond motifs is 1. The first-order valence-corrected chi connectivity index (χ1v) is 8.05. The SMILES string of the molecule is CC(C)COc1cc2c(c(O)c1O)C(=O)C(=Cc1ccc(O)c(O)c1)N2. The minimum atomic E-state index is -0.546. The Hall–Kier alpha value is -3.35. The van der Waals surface area contributed by atoms with Gasteiger partial charge in [-0.15, -0.1) is 0 Å². The molecule has 0 spiro atoms. The van der Waals surface area contributed by atoms with E-state index in [1.165, 1.54) is 30.3 Å². The number of aromatic hydroxyl groups is 4. The number of nitrogens with one attached hydrogen (secondary N) is 1. The number of carbonyl (C=O) groups is 1. The van der Waals surface area contributed by atoms with Crippen LogP contribution in [0.3, 0.4) is 0 Å². The predicted octanol–water partition coefficient (Wildman–Crippen LogP) is 3.19. The first-order chi connectivity index (χ1) is 12.3. The number of carbonyl (C=O) groups excluding carboxylic acids is 1. The molecule has 136 valence electrons. The average molecular weight is 357 g/mol. The molecule has 0 aromatic heterocycles. The number of Topliss-reactive ketones (excluding diaryl/α,β-unsaturated/α-hetero) is 1. The summed E-state index contributed by atoms with van der Waals surface area (Å²) in [5, 5.41) is 42.1. The van der Waals surface area contributed by atoms with Crippen molar-refractivity contribution in [3.8, 4) is 28.7 Å². The van der Waals surface area contributed by atoms with Crippen LogP contribution in [0.15, 0.2) is 30.0 Å². The number of hydrogen-bond acceptors (Lipinski definition) is 7. The zero-order valence-electron chi connectivity index (χ0n) is 14.3. The Morgan fingerprint density at radius 2 is 1.81 bits per heavy atom. The van der Waals surface area contributed by atoms with Gasteiger partial charge >= 0.3 is 0 Å². The number of benzene rings is 2. The van der Waals surface area contributed by atoms with Crippen LogP contribution in [0.2, 0.25) is 0 Å². The lowest BCUT2D eigenvalue weighted by molar-refractivity contribution is 0.103. The Labute approximate surface area is 149 Å². The first-order valence-electron chi connectivity index (χ1n) is 8.05. The molecule has 0 amide bonds. The Bertz CT molecular complexity index is 917. The molecule has 1 aliphatic heterocycles. The molecular weight excluding hydrogens is 338 g/mol. The van der Waals surface area contributed by atoms with E-state index in [9.17, 15) is 25.2 Å². The topological polar surface area (TPSA) is 119 Å². The quantitative estimate of drug-likeness (QED) is 0.324. The number of hydrogen-bond donors (Lipinski definition) is 5. The van der Waals surface area contributed by atoms with Gasteiger partial charge in [-0.05, 0) is 29.7 Å². The normalized spacial score (nSPS) is 14.6. The summed E-state index contributed by atoms with van der Waals surface area (Å²) in [5.74, 6) is -1.81. The van der Waals surface area contributed by atoms with E-state index in [0.29, 0.717) is 17.9 Å². The molecule has 5 N–H and O–H groups in total. The van der Waals surface area contributed by atoms with Crippen LogP contribution in [-0.2, 0) is 0 Å². The zero-order valence-corrected chi connectivity index (χ0v) is 14.3. The number of phenols is 4. The molecule has 1 aliphatic rings. The van der Waals surface area contributed by atoms with Crippen molar-refractivity contribution in [1.82, 2.24) is 0 Å². The molecule has 0 fully saturated rings. The van der Waals surface area contributed by atoms with Crippen LogP contribution in [0, 0.1) is 5.92 Å². The first kappa shape index (κ1) is 17.5. The van der Waals surface area contributed by atoms with E-state index in [0.717, 1.165) is 0 Å². The lowest BCUT2D eigenvalue weighted by Crippen LogP contribution is -2.05. The Balaban J connectivity index is 1.96. The van der Waals surface area contributed by atoms with Gasteiger partial charge in [-0.1, -0.05) is 19.9 Å². The summed E-state index contributed by atoms with van der Waals surface area (Å²) in [6.07, 6.45) is 1.46. The van der Waals surface area contributed by atoms with Crippen molar-refractivity contribution in [2.75, 3.05) is 11.9 Å². The van der Waals surface area contributed by atoms with Gasteiger partial charge in [0.05, 0.1) is 23.6 Å². The number of anilines is 1. The number of ketones is 1. The molecule has 7 heteroatoms. The maximum Gasteiger partial charge on any atom is 0.215 e. The maximum atomic E-state index is 12.5. The van der Waals surface area contributed by atoms with Gasteiger partial charge < -0.3 is 30.5 Å². The molecule has 2 aromatic rings. The molecule has 2 aromatic carbocycles. The van der Waals surface area contributed by atoms with Crippen LogP contribution >= 0.6 is 0 Å². The maximum absolute atomic E-state index is 12.5. The summed E-state index contributed by atoms with van der Waals surface area (Å²) < 4.78 is 5.48. The summed E-state index contributed by atoms with van der Waals surface area (Å²) in [6.45, 7) is 4.23. The second-order valence-electron chi connectivity index (χ2n) is 6.46. The van der Waals surface area contributed by atoms with Crippen LogP contribution in [0.4, 0.5) is 5.69 Å². The van der Waals surface area contributed by atoms with Crippen LogP contribution in [0.25, 0.3) is 6.08 Å². The fourth-order valence-corrected chi connectivity index (χ4v) is 2.56. The van der Waals surface area contributed by atoms with Crippen molar-refractivity contribution in [3.05, 3.63) is 41.1 Å². The van der Waals surface area contributed by atoms with Gasteiger partial charge in [0.15, 0.2) is 23.0 Å². The van der Waals surface area contributed by atoms with Gasteiger partial charge in [0.2, 0.25) is 11.5 Å². The van der Waals surface area contributed by atoms with Gasteiger partial charge in [0.25, 0.3) is 0 Å². The number of ether oxygens (including phenoxy) is 1. The molecule has 3 rings (SSSR count). The van der Waals surface area contributed by atoms with Crippen LogP contribution < -0.4 is 10.1 Å². The second-order valence-corrected chi connectivity index (χ2v) is 6.46. The highest BCUT2D eigenvalue weighted by atomic mass is 16.5. The summed E-state index contributed by atoms with van der Waals surface area (Å²) >= 11 is 0. The lowest BCUT2D eigenvalue weighted by atomic mass is 10.1. The average Bonchev–Trinajstić information content (AvgIpc) is 2.89. The summed E-state index contributed by atoms with van der Waals surface area (Å²) in [7, 11) is 0. The molecule has 0 unspecified atom stereocenters. The third-order valence-corrected chi connectivity index (χ3v) is 3.86. The Morgan fingerprint density at radius 1 is 1.08 bits per heavy atom. The molecule has 0 saturated carbocycles. The van der Waals surface area contributed by atoms with E-state index < -0.39 is 17.3 Å². The molecular formula is C19H19NO6. The standard InChI is InChI=1S/C19H19NO6/c1-9(2)8-26-15-7-11-16(19(25)18(15)24)17(23)12(20-11)5-10-3-4-13(21)14(22)6-10/h3-7,9,20-22,24-25H,8H2,1-2H3. The lowest BCUT2D eigenvalue weighted by Gasteiger charge is -2.12. The second kappa shape index (κ2) is 6.51. The zero-order chi connectivity index (χ0) is 19.0. The van der Waals surface area contributed by atoms with Crippen molar-refractivity contribution in [2.45, 2.75) is 13.8 Å². The number of phenolic OH excluding ortho intramolecular Hbond substituents is 4. The highest BCUT2D eigenvalue weighted by Gasteiger charge is 2.31. The van der Waals surface area contributed by atoms with Gasteiger partial charge in [0, 0.05) is 6.07 Å². The smallest absolute Gasteiger partial charge is 0.215 e. The molecule has 26 heavy (non-hydrogen) atoms. The molecule has 0 bridgehead atoms. The van der Waals surface area contributed by atoms with E-state index in [2.05, 4.69) is 5.32 Å². The van der Waals surface area contributed by atoms with E-state index in [-0.39, 0.29) is 34.4 Å². The van der Waals surface area contributed by atoms with Crippen molar-refractivity contribution >= 4 is 17.5 Å². The monoisotopic (exact) mass is 357 g/mol. The molecule has 1 heterocycles. The third kappa shape index (κ3) is 3.11. The van der Waals surface area contributed by atoms with Gasteiger partial charge in [0.1, 0.15) is 0 Å². The van der Waals surface area contributed by atoms with Crippen molar-refractivity contribution in [2.24, 2.45) is 5.92 Å². The van der Waals surface area contributed by atoms with Crippen LogP contribution in [-0.4, -0.2) is 32.8 Å². The number of allylic oxidation sites excluding steroid dienone is 1. The molecule has 0 atom stereocenters. The van der Waals surface area contributed by atoms with Gasteiger partial charge in [-0.25, -0.2) is 0 Å². The summed E-state index contributed by atoms with van der Waals surface area (Å²) in [6, 6.07) is 5.58. The van der Waals surface area contributed by atoms with E-state index in [1.807, 2.05) is 13.8 Å². The minimum Gasteiger partial charge on any atom is -0.504 e. The van der Waals surface area contributed by atoms with E-state index in [4.69, 9.17) is 4.74 Å². The Morgan fingerprint density at radius 3 is 2.46 bits per heavy atom. The van der Waals surface area contributed by atoms with Crippen molar-refractivity contribution in [1.29, 1.82) is 0 Å². The Kier molecular flexibility index (Phi) is 4.38. The van der Waals surface area contributed by atoms with E-state index in [1.54, 1.807) is 0 Å². The third-order valence-electron chi connectivity index (χ3n) is 3.86.